The number of urea groups is 1. The molecule has 0 bridgehead atoms. The lowest BCUT2D eigenvalue weighted by molar-refractivity contribution is -0.124. The molecule has 1 fully saturated rings. The van der Waals surface area contributed by atoms with Crippen LogP contribution in [0.4, 0.5) is 20.6 Å². The number of hydrogen-bond donors (Lipinski definition) is 1. The maximum Gasteiger partial charge on any atom is 0.332 e. The van der Waals surface area contributed by atoms with E-state index in [9.17, 15) is 18.8 Å². The number of anilines is 2. The van der Waals surface area contributed by atoms with Crippen molar-refractivity contribution < 1.29 is 23.5 Å². The van der Waals surface area contributed by atoms with Gasteiger partial charge in [0, 0.05) is 17.3 Å². The second-order valence-electron chi connectivity index (χ2n) is 7.68. The van der Waals surface area contributed by atoms with Crippen LogP contribution in [0.3, 0.4) is 0 Å². The van der Waals surface area contributed by atoms with Crippen LogP contribution >= 0.6 is 11.6 Å². The molecular formula is C25H21ClFN3O4. The van der Waals surface area contributed by atoms with Crippen molar-refractivity contribution in [2.24, 2.45) is 0 Å². The Balaban J connectivity index is 1.59. The summed E-state index contributed by atoms with van der Waals surface area (Å²) in [6.07, 6.45) is -0.249. The first-order valence-corrected chi connectivity index (χ1v) is 10.8. The topological polar surface area (TPSA) is 79.0 Å². The average molecular weight is 482 g/mol. The smallest absolute Gasteiger partial charge is 0.332 e. The number of nitrogens with zero attached hydrogens (tertiary/aromatic N) is 2. The van der Waals surface area contributed by atoms with E-state index in [2.05, 4.69) is 5.32 Å². The van der Waals surface area contributed by atoms with E-state index >= 15 is 0 Å². The Hall–Kier alpha value is -3.91. The Morgan fingerprint density at radius 2 is 1.65 bits per heavy atom. The second kappa shape index (κ2) is 9.93. The molecular weight excluding hydrogens is 461 g/mol. The van der Waals surface area contributed by atoms with Crippen LogP contribution in [0.1, 0.15) is 12.0 Å². The number of nitrogens with one attached hydrogen (secondary N) is 1. The van der Waals surface area contributed by atoms with Gasteiger partial charge in [-0.3, -0.25) is 9.59 Å². The van der Waals surface area contributed by atoms with Gasteiger partial charge in [0.2, 0.25) is 5.91 Å². The summed E-state index contributed by atoms with van der Waals surface area (Å²) in [5.74, 6) is -0.832. The quantitative estimate of drug-likeness (QED) is 0.489. The van der Waals surface area contributed by atoms with Crippen molar-refractivity contribution >= 4 is 40.8 Å². The van der Waals surface area contributed by atoms with Gasteiger partial charge in [-0.15, -0.1) is 0 Å². The highest BCUT2D eigenvalue weighted by Gasteiger charge is 2.46. The van der Waals surface area contributed by atoms with Gasteiger partial charge in [0.15, 0.2) is 0 Å². The summed E-state index contributed by atoms with van der Waals surface area (Å²) in [5.41, 5.74) is 1.51. The molecule has 0 aromatic heterocycles. The van der Waals surface area contributed by atoms with Crippen LogP contribution in [0, 0.1) is 5.82 Å². The minimum absolute atomic E-state index is 0.102. The number of carbonyl (C=O) groups excluding carboxylic acids is 3. The first kappa shape index (κ1) is 23.3. The first-order valence-electron chi connectivity index (χ1n) is 10.4. The highest BCUT2D eigenvalue weighted by atomic mass is 35.5. The zero-order chi connectivity index (χ0) is 24.2. The summed E-state index contributed by atoms with van der Waals surface area (Å²) in [7, 11) is 1.55. The first-order chi connectivity index (χ1) is 16.4. The van der Waals surface area contributed by atoms with Gasteiger partial charge in [0.1, 0.15) is 17.6 Å². The van der Waals surface area contributed by atoms with Crippen molar-refractivity contribution in [1.82, 2.24) is 4.90 Å². The van der Waals surface area contributed by atoms with Crippen LogP contribution in [-0.4, -0.2) is 35.9 Å². The van der Waals surface area contributed by atoms with Crippen molar-refractivity contribution in [2.75, 3.05) is 17.3 Å². The van der Waals surface area contributed by atoms with Crippen molar-refractivity contribution in [3.63, 3.8) is 0 Å². The molecule has 34 heavy (non-hydrogen) atoms. The highest BCUT2D eigenvalue weighted by Crippen LogP contribution is 2.29. The number of amides is 4. The van der Waals surface area contributed by atoms with E-state index in [0.717, 1.165) is 10.5 Å². The zero-order valence-electron chi connectivity index (χ0n) is 18.2. The molecule has 0 aliphatic carbocycles. The van der Waals surface area contributed by atoms with Gasteiger partial charge in [0.25, 0.3) is 5.91 Å². The summed E-state index contributed by atoms with van der Waals surface area (Å²) in [5, 5.41) is 3.24. The zero-order valence-corrected chi connectivity index (χ0v) is 19.0. The van der Waals surface area contributed by atoms with Crippen LogP contribution in [-0.2, 0) is 16.1 Å². The molecule has 0 spiro atoms. The molecule has 3 aromatic rings. The van der Waals surface area contributed by atoms with E-state index < -0.39 is 29.7 Å². The van der Waals surface area contributed by atoms with Crippen molar-refractivity contribution in [3.8, 4) is 5.75 Å². The molecule has 1 saturated heterocycles. The Morgan fingerprint density at radius 3 is 2.26 bits per heavy atom. The number of ether oxygens (including phenoxy) is 1. The lowest BCUT2D eigenvalue weighted by Crippen LogP contribution is -2.37. The fourth-order valence-corrected chi connectivity index (χ4v) is 3.82. The fraction of sp³-hybridized carbons (Fsp3) is 0.160. The third-order valence-electron chi connectivity index (χ3n) is 5.42. The summed E-state index contributed by atoms with van der Waals surface area (Å²) in [6.45, 7) is 0.102. The van der Waals surface area contributed by atoms with Gasteiger partial charge in [-0.05, 0) is 66.2 Å². The number of imide groups is 1. The highest BCUT2D eigenvalue weighted by molar-refractivity contribution is 6.30. The number of carbonyl (C=O) groups is 3. The molecule has 3 aromatic carbocycles. The predicted octanol–water partition coefficient (Wildman–Crippen LogP) is 4.85. The molecule has 0 unspecified atom stereocenters. The maximum atomic E-state index is 13.4. The predicted molar refractivity (Wildman–Crippen MR) is 126 cm³/mol. The van der Waals surface area contributed by atoms with E-state index in [1.165, 1.54) is 29.2 Å². The maximum absolute atomic E-state index is 13.4. The molecule has 1 heterocycles. The van der Waals surface area contributed by atoms with E-state index in [1.54, 1.807) is 55.6 Å². The molecule has 1 aliphatic rings. The molecule has 1 aliphatic heterocycles. The molecule has 0 saturated carbocycles. The molecule has 0 radical (unpaired) electrons. The molecule has 9 heteroatoms. The SMILES string of the molecule is COc1ccc(CN2C(=O)N(c3ccc(F)cc3)C(=O)[C@H]2CC(=O)Nc2ccc(Cl)cc2)cc1. The summed E-state index contributed by atoms with van der Waals surface area (Å²) >= 11 is 5.88. The summed E-state index contributed by atoms with van der Waals surface area (Å²) in [4.78, 5) is 41.6. The number of methoxy groups -OCH3 is 1. The minimum atomic E-state index is -1.04. The second-order valence-corrected chi connectivity index (χ2v) is 8.12. The third kappa shape index (κ3) is 5.02. The molecule has 1 N–H and O–H groups in total. The summed E-state index contributed by atoms with van der Waals surface area (Å²) in [6, 6.07) is 17.0. The molecule has 174 valence electrons. The normalized spacial score (nSPS) is 15.6. The van der Waals surface area contributed by atoms with Gasteiger partial charge in [-0.25, -0.2) is 14.1 Å². The van der Waals surface area contributed by atoms with Crippen LogP contribution in [0.25, 0.3) is 0 Å². The van der Waals surface area contributed by atoms with Crippen molar-refractivity contribution in [1.29, 1.82) is 0 Å². The number of halogens is 2. The van der Waals surface area contributed by atoms with E-state index in [0.29, 0.717) is 16.5 Å². The Labute approximate surface area is 200 Å². The van der Waals surface area contributed by atoms with Crippen molar-refractivity contribution in [3.05, 3.63) is 89.2 Å². The molecule has 4 amide bonds. The van der Waals surface area contributed by atoms with Gasteiger partial charge < -0.3 is 15.0 Å². The van der Waals surface area contributed by atoms with Crippen LogP contribution < -0.4 is 15.0 Å². The average Bonchev–Trinajstić information content (AvgIpc) is 3.05. The fourth-order valence-electron chi connectivity index (χ4n) is 3.69. The number of rotatable bonds is 7. The van der Waals surface area contributed by atoms with E-state index in [4.69, 9.17) is 16.3 Å². The lowest BCUT2D eigenvalue weighted by atomic mass is 10.1. The Bertz CT molecular complexity index is 1200. The van der Waals surface area contributed by atoms with Gasteiger partial charge in [-0.1, -0.05) is 23.7 Å². The van der Waals surface area contributed by atoms with Crippen LogP contribution in [0.2, 0.25) is 5.02 Å². The van der Waals surface area contributed by atoms with Gasteiger partial charge in [0.05, 0.1) is 19.2 Å². The van der Waals surface area contributed by atoms with Crippen molar-refractivity contribution in [2.45, 2.75) is 19.0 Å². The molecule has 1 atom stereocenters. The van der Waals surface area contributed by atoms with Crippen LogP contribution in [0.5, 0.6) is 5.75 Å². The molecule has 4 rings (SSSR count). The van der Waals surface area contributed by atoms with E-state index in [-0.39, 0.29) is 18.7 Å². The summed E-state index contributed by atoms with van der Waals surface area (Å²) < 4.78 is 18.6. The van der Waals surface area contributed by atoms with E-state index in [1.807, 2.05) is 0 Å². The standard InChI is InChI=1S/C25H21ClFN3O4/c1-34-21-12-2-16(3-13-21)15-29-22(14-23(31)28-19-8-4-17(26)5-9-19)24(32)30(25(29)33)20-10-6-18(27)7-11-20/h2-13,22H,14-15H2,1H3,(H,28,31)/t22-/m1/s1. The van der Waals surface area contributed by atoms with Crippen LogP contribution in [0.15, 0.2) is 72.8 Å². The Kier molecular flexibility index (Phi) is 6.79. The van der Waals surface area contributed by atoms with Gasteiger partial charge >= 0.3 is 6.03 Å². The third-order valence-corrected chi connectivity index (χ3v) is 5.67. The molecule has 7 nitrogen and oxygen atoms in total. The number of benzene rings is 3. The largest absolute Gasteiger partial charge is 0.497 e. The Morgan fingerprint density at radius 1 is 1.00 bits per heavy atom. The lowest BCUT2D eigenvalue weighted by Gasteiger charge is -2.22. The van der Waals surface area contributed by atoms with Gasteiger partial charge in [-0.2, -0.15) is 0 Å². The minimum Gasteiger partial charge on any atom is -0.497 e. The monoisotopic (exact) mass is 481 g/mol. The number of hydrogen-bond acceptors (Lipinski definition) is 4.